The van der Waals surface area contributed by atoms with Gasteiger partial charge < -0.3 is 13.9 Å². The minimum atomic E-state index is -2.97. The molecule has 162 valence electrons. The molecular formula is C26H30O4Si. The molecule has 2 bridgehead atoms. The van der Waals surface area contributed by atoms with Crippen molar-refractivity contribution in [3.8, 4) is 0 Å². The first-order valence-electron chi connectivity index (χ1n) is 11.1. The molecule has 0 unspecified atom stereocenters. The molecule has 0 radical (unpaired) electrons. The van der Waals surface area contributed by atoms with Crippen molar-refractivity contribution in [1.82, 2.24) is 0 Å². The Kier molecular flexibility index (Phi) is 4.60. The Labute approximate surface area is 185 Å². The van der Waals surface area contributed by atoms with Crippen LogP contribution in [0.1, 0.15) is 33.6 Å². The van der Waals surface area contributed by atoms with E-state index in [1.807, 2.05) is 18.2 Å². The molecule has 0 aromatic heterocycles. The van der Waals surface area contributed by atoms with Crippen molar-refractivity contribution in [2.24, 2.45) is 5.41 Å². The van der Waals surface area contributed by atoms with Gasteiger partial charge in [0.05, 0.1) is 13.2 Å². The third-order valence-electron chi connectivity index (χ3n) is 7.45. The molecule has 2 aliphatic heterocycles. The summed E-state index contributed by atoms with van der Waals surface area (Å²) in [5, 5.41) is 2.07. The fourth-order valence-electron chi connectivity index (χ4n) is 5.84. The van der Waals surface area contributed by atoms with Crippen LogP contribution in [-0.2, 0) is 18.7 Å². The molecule has 1 aliphatic carbocycles. The maximum absolute atomic E-state index is 13.6. The van der Waals surface area contributed by atoms with Crippen LogP contribution in [0.25, 0.3) is 0 Å². The number of hydrogen-bond donors (Lipinski definition) is 0. The first-order chi connectivity index (χ1) is 14.8. The highest BCUT2D eigenvalue weighted by Gasteiger charge is 2.79. The Hall–Kier alpha value is -2.21. The van der Waals surface area contributed by atoms with E-state index in [4.69, 9.17) is 13.9 Å². The molecule has 1 spiro atoms. The van der Waals surface area contributed by atoms with Gasteiger partial charge in [-0.3, -0.25) is 0 Å². The van der Waals surface area contributed by atoms with Crippen molar-refractivity contribution in [3.63, 3.8) is 0 Å². The molecule has 2 fully saturated rings. The topological polar surface area (TPSA) is 44.8 Å². The minimum Gasteiger partial charge on any atom is -0.467 e. The van der Waals surface area contributed by atoms with Crippen molar-refractivity contribution in [2.45, 2.75) is 56.5 Å². The molecule has 0 amide bonds. The van der Waals surface area contributed by atoms with E-state index in [0.29, 0.717) is 0 Å². The van der Waals surface area contributed by atoms with Gasteiger partial charge in [0.2, 0.25) is 0 Å². The molecule has 5 heteroatoms. The average Bonchev–Trinajstić information content (AvgIpc) is 3.34. The molecule has 4 nitrogen and oxygen atoms in total. The fourth-order valence-corrected chi connectivity index (χ4v) is 10.7. The summed E-state index contributed by atoms with van der Waals surface area (Å²) in [7, 11) is -1.50. The highest BCUT2D eigenvalue weighted by Crippen LogP contribution is 2.68. The summed E-state index contributed by atoms with van der Waals surface area (Å²) in [5.41, 5.74) is -1.47. The van der Waals surface area contributed by atoms with E-state index >= 15 is 0 Å². The van der Waals surface area contributed by atoms with Crippen LogP contribution < -0.4 is 10.4 Å². The zero-order chi connectivity index (χ0) is 21.9. The van der Waals surface area contributed by atoms with Crippen LogP contribution in [0.4, 0.5) is 0 Å². The quantitative estimate of drug-likeness (QED) is 0.410. The van der Waals surface area contributed by atoms with Gasteiger partial charge in [0.25, 0.3) is 8.32 Å². The second-order valence-electron chi connectivity index (χ2n) is 10.0. The molecule has 2 heterocycles. The highest BCUT2D eigenvalue weighted by molar-refractivity contribution is 6.99. The van der Waals surface area contributed by atoms with Crippen LogP contribution in [0.15, 0.2) is 72.8 Å². The fraction of sp³-hybridized carbons (Fsp3) is 0.423. The number of carbonyl (C=O) groups excluding carboxylic acids is 1. The second kappa shape index (κ2) is 6.89. The number of hydrogen-bond acceptors (Lipinski definition) is 4. The number of ether oxygens (including phenoxy) is 2. The van der Waals surface area contributed by atoms with Crippen LogP contribution >= 0.6 is 0 Å². The SMILES string of the molecule is COC(=O)[C@@]1(O[Si](c2ccccc2)(c2ccccc2)C(C)(C)C)[C@H]2C=C[C@H](O2)C12CC2. The van der Waals surface area contributed by atoms with Gasteiger partial charge in [0.15, 0.2) is 5.60 Å². The first-order valence-corrected chi connectivity index (χ1v) is 13.0. The first kappa shape index (κ1) is 20.7. The number of benzene rings is 2. The largest absolute Gasteiger partial charge is 0.467 e. The second-order valence-corrected chi connectivity index (χ2v) is 14.2. The molecule has 3 aliphatic rings. The lowest BCUT2D eigenvalue weighted by Crippen LogP contribution is -2.73. The third kappa shape index (κ3) is 2.63. The van der Waals surface area contributed by atoms with Gasteiger partial charge >= 0.3 is 5.97 Å². The number of methoxy groups -OCH3 is 1. The van der Waals surface area contributed by atoms with E-state index in [2.05, 4.69) is 75.4 Å². The summed E-state index contributed by atoms with van der Waals surface area (Å²) in [5.74, 6) is -0.310. The number of esters is 1. The molecular weight excluding hydrogens is 404 g/mol. The van der Waals surface area contributed by atoms with Crippen LogP contribution in [0.2, 0.25) is 5.04 Å². The molecule has 0 N–H and O–H groups in total. The zero-order valence-electron chi connectivity index (χ0n) is 18.6. The smallest absolute Gasteiger partial charge is 0.340 e. The molecule has 2 aromatic rings. The van der Waals surface area contributed by atoms with Crippen molar-refractivity contribution in [2.75, 3.05) is 7.11 Å². The maximum Gasteiger partial charge on any atom is 0.340 e. The number of fused-ring (bicyclic) bond motifs is 3. The zero-order valence-corrected chi connectivity index (χ0v) is 19.6. The Bertz CT molecular complexity index is 967. The molecule has 1 saturated heterocycles. The summed E-state index contributed by atoms with van der Waals surface area (Å²) >= 11 is 0. The predicted molar refractivity (Wildman–Crippen MR) is 123 cm³/mol. The summed E-state index contributed by atoms with van der Waals surface area (Å²) in [6.45, 7) is 6.69. The van der Waals surface area contributed by atoms with Gasteiger partial charge in [-0.1, -0.05) is 93.6 Å². The van der Waals surface area contributed by atoms with Gasteiger partial charge in [-0.05, 0) is 28.3 Å². The maximum atomic E-state index is 13.6. The summed E-state index contributed by atoms with van der Waals surface area (Å²) in [6.07, 6.45) is 5.41. The van der Waals surface area contributed by atoms with E-state index in [1.165, 1.54) is 7.11 Å². The van der Waals surface area contributed by atoms with Crippen LogP contribution in [0, 0.1) is 5.41 Å². The van der Waals surface area contributed by atoms with Gasteiger partial charge in [-0.15, -0.1) is 0 Å². The van der Waals surface area contributed by atoms with Crippen molar-refractivity contribution in [3.05, 3.63) is 72.8 Å². The monoisotopic (exact) mass is 434 g/mol. The van der Waals surface area contributed by atoms with Gasteiger partial charge in [-0.25, -0.2) is 4.79 Å². The predicted octanol–water partition coefficient (Wildman–Crippen LogP) is 3.59. The molecule has 5 rings (SSSR count). The Morgan fingerprint density at radius 2 is 1.45 bits per heavy atom. The van der Waals surface area contributed by atoms with E-state index in [1.54, 1.807) is 0 Å². The summed E-state index contributed by atoms with van der Waals surface area (Å²) in [4.78, 5) is 13.6. The van der Waals surface area contributed by atoms with E-state index in [-0.39, 0.29) is 22.5 Å². The van der Waals surface area contributed by atoms with E-state index < -0.39 is 20.0 Å². The highest BCUT2D eigenvalue weighted by atomic mass is 28.4. The summed E-state index contributed by atoms with van der Waals surface area (Å²) in [6, 6.07) is 20.9. The molecule has 31 heavy (non-hydrogen) atoms. The minimum absolute atomic E-state index is 0.0881. The molecule has 3 atom stereocenters. The van der Waals surface area contributed by atoms with Crippen LogP contribution in [-0.4, -0.2) is 39.2 Å². The van der Waals surface area contributed by atoms with Crippen LogP contribution in [0.5, 0.6) is 0 Å². The van der Waals surface area contributed by atoms with Gasteiger partial charge in [0, 0.05) is 5.41 Å². The third-order valence-corrected chi connectivity index (χ3v) is 12.5. The van der Waals surface area contributed by atoms with Crippen molar-refractivity contribution < 1.29 is 18.7 Å². The van der Waals surface area contributed by atoms with E-state index in [0.717, 1.165) is 23.2 Å². The number of carbonyl (C=O) groups is 1. The summed E-state index contributed by atoms with van der Waals surface area (Å²) < 4.78 is 19.2. The Balaban J connectivity index is 1.78. The van der Waals surface area contributed by atoms with Crippen molar-refractivity contribution >= 4 is 24.7 Å². The number of rotatable bonds is 5. The lowest BCUT2D eigenvalue weighted by molar-refractivity contribution is -0.168. The van der Waals surface area contributed by atoms with Gasteiger partial charge in [0.1, 0.15) is 6.10 Å². The molecule has 2 aromatic carbocycles. The van der Waals surface area contributed by atoms with Crippen LogP contribution in [0.3, 0.4) is 0 Å². The standard InChI is InChI=1S/C26H30O4Si/c1-24(2,3)31(19-11-7-5-8-12-19,20-13-9-6-10-14-20)30-26(23(27)28-4)22-16-15-21(29-22)25(26)17-18-25/h5-16,21-22H,17-18H2,1-4H3/t21-,22+,26-/m0/s1. The van der Waals surface area contributed by atoms with Crippen molar-refractivity contribution in [1.29, 1.82) is 0 Å². The lowest BCUT2D eigenvalue weighted by atomic mass is 9.75. The Morgan fingerprint density at radius 3 is 1.90 bits per heavy atom. The average molecular weight is 435 g/mol. The Morgan fingerprint density at radius 1 is 0.935 bits per heavy atom. The van der Waals surface area contributed by atoms with Gasteiger partial charge in [-0.2, -0.15) is 0 Å². The lowest BCUT2D eigenvalue weighted by Gasteiger charge is -2.50. The van der Waals surface area contributed by atoms with E-state index in [9.17, 15) is 4.79 Å². The normalized spacial score (nSPS) is 28.1. The molecule has 1 saturated carbocycles.